The summed E-state index contributed by atoms with van der Waals surface area (Å²) in [6.45, 7) is 0. The zero-order valence-electron chi connectivity index (χ0n) is 50.7. The summed E-state index contributed by atoms with van der Waals surface area (Å²) in [6, 6.07) is 75.7. The summed E-state index contributed by atoms with van der Waals surface area (Å²) in [4.78, 5) is 54.6. The van der Waals surface area contributed by atoms with Crippen LogP contribution in [0.3, 0.4) is 0 Å². The second kappa shape index (κ2) is 30.4. The largest absolute Gasteiger partial charge is 0.460 e. The highest BCUT2D eigenvalue weighted by Crippen LogP contribution is 2.78. The quantitative estimate of drug-likeness (QED) is 0.0405. The molecule has 13 rings (SSSR count). The normalized spacial score (nSPS) is 16.9. The molecule has 0 unspecified atom stereocenters. The van der Waals surface area contributed by atoms with Crippen LogP contribution in [0.2, 0.25) is 0 Å². The van der Waals surface area contributed by atoms with Gasteiger partial charge in [-0.05, 0) is 218 Å². The van der Waals surface area contributed by atoms with Crippen molar-refractivity contribution in [1.29, 1.82) is 0 Å². The Morgan fingerprint density at radius 1 is 0.198 bits per heavy atom. The first-order chi connectivity index (χ1) is 47.3. The van der Waals surface area contributed by atoms with Crippen molar-refractivity contribution in [3.63, 3.8) is 0 Å². The van der Waals surface area contributed by atoms with Gasteiger partial charge in [0.1, 0.15) is 34.5 Å². The van der Waals surface area contributed by atoms with Gasteiger partial charge in [-0.15, -0.1) is 0 Å². The molecular formula is C72H54N15O6P3. The number of nitrogens with zero attached hydrogens (tertiary/aromatic N) is 15. The number of aliphatic imine (C=N–C) groups is 6. The second-order valence-electron chi connectivity index (χ2n) is 20.3. The Kier molecular flexibility index (Phi) is 19.8. The molecule has 1 aliphatic heterocycles. The summed E-state index contributed by atoms with van der Waals surface area (Å²) >= 11 is 0. The van der Waals surface area contributed by atoms with E-state index in [2.05, 4.69) is 29.9 Å². The Morgan fingerprint density at radius 3 is 0.490 bits per heavy atom. The van der Waals surface area contributed by atoms with Gasteiger partial charge in [0.05, 0.1) is 106 Å². The molecule has 0 radical (unpaired) electrons. The van der Waals surface area contributed by atoms with E-state index < -0.39 is 23.0 Å². The van der Waals surface area contributed by atoms with Gasteiger partial charge in [-0.25, -0.2) is 0 Å². The standard InChI is InChI=1S/C72H54N15O6P3/c1-7-43-73-61(13-1)49-79-55-19-31-67(32-20-55)88-94(89-68-33-21-56(22-34-68)80-50-62-14-2-8-44-74-62)85-95(90-69-35-23-57(24-36-69)81-51-63-15-3-9-45-75-63,91-70-37-25-58(26-38-70)82-52-64-16-4-10-46-76-64)87-96(86-94,92-71-39-27-59(28-40-71)83-53-65-17-5-11-47-77-65)93-72-41-29-60(30-42-72)84-54-66-18-6-12-48-78-66/h1-54H. The molecule has 1 aliphatic rings. The van der Waals surface area contributed by atoms with Crippen LogP contribution in [0.5, 0.6) is 34.5 Å². The van der Waals surface area contributed by atoms with E-state index in [4.69, 9.17) is 70.6 Å². The summed E-state index contributed by atoms with van der Waals surface area (Å²) in [5.41, 5.74) is 7.61. The molecule has 6 aromatic heterocycles. The predicted molar refractivity (Wildman–Crippen MR) is 379 cm³/mol. The molecule has 468 valence electrons. The topological polar surface area (TPSA) is 244 Å². The molecule has 0 saturated heterocycles. The molecule has 0 atom stereocenters. The smallest absolute Gasteiger partial charge is 0.413 e. The van der Waals surface area contributed by atoms with Gasteiger partial charge in [0.25, 0.3) is 0 Å². The van der Waals surface area contributed by atoms with E-state index in [-0.39, 0.29) is 34.5 Å². The average molecular weight is 1320 g/mol. The van der Waals surface area contributed by atoms with Crippen molar-refractivity contribution in [2.24, 2.45) is 43.5 Å². The van der Waals surface area contributed by atoms with Crippen molar-refractivity contribution in [3.8, 4) is 34.5 Å². The molecule has 0 bridgehead atoms. The molecule has 7 heterocycles. The SMILES string of the molecule is C(=Nc1ccc(OP2(Oc3ccc(N=Cc4ccccn4)cc3)=NP(Oc3ccc(N=Cc4ccccn4)cc3)(Oc3ccc(N=Cc4ccccn4)cc3)=NP(Oc3ccc(N=Cc4ccccn4)cc3)(Oc3ccc(N=Cc4ccccn4)cc3)=N2)cc1)c1ccccn1. The van der Waals surface area contributed by atoms with Crippen LogP contribution in [0, 0.1) is 0 Å². The third-order valence-corrected chi connectivity index (χ3v) is 21.4. The fourth-order valence-electron chi connectivity index (χ4n) is 8.70. The van der Waals surface area contributed by atoms with Crippen molar-refractivity contribution in [3.05, 3.63) is 326 Å². The fraction of sp³-hybridized carbons (Fsp3) is 0. The first-order valence-corrected chi connectivity index (χ1v) is 34.3. The molecule has 0 aliphatic carbocycles. The van der Waals surface area contributed by atoms with Crippen molar-refractivity contribution in [2.45, 2.75) is 0 Å². The summed E-state index contributed by atoms with van der Waals surface area (Å²) in [5.74, 6) is 1.57. The number of aromatic nitrogens is 6. The van der Waals surface area contributed by atoms with Crippen LogP contribution in [0.1, 0.15) is 34.2 Å². The second-order valence-corrected chi connectivity index (χ2v) is 26.5. The maximum absolute atomic E-state index is 7.26. The van der Waals surface area contributed by atoms with Gasteiger partial charge >= 0.3 is 23.0 Å². The van der Waals surface area contributed by atoms with E-state index >= 15 is 0 Å². The van der Waals surface area contributed by atoms with Crippen molar-refractivity contribution in [1.82, 2.24) is 29.9 Å². The van der Waals surface area contributed by atoms with Gasteiger partial charge in [0.2, 0.25) is 0 Å². The molecule has 0 amide bonds. The number of benzene rings is 6. The highest BCUT2D eigenvalue weighted by molar-refractivity contribution is 7.79. The number of pyridine rings is 6. The Morgan fingerprint density at radius 2 is 0.354 bits per heavy atom. The third-order valence-electron chi connectivity index (χ3n) is 13.2. The number of rotatable bonds is 24. The minimum atomic E-state index is -4.46. The lowest BCUT2D eigenvalue weighted by atomic mass is 10.3. The van der Waals surface area contributed by atoms with Gasteiger partial charge in [-0.3, -0.25) is 59.9 Å². The van der Waals surface area contributed by atoms with E-state index in [0.717, 1.165) is 0 Å². The molecule has 0 N–H and O–H groups in total. The number of hydrogen-bond donors (Lipinski definition) is 0. The minimum Gasteiger partial charge on any atom is -0.413 e. The maximum Gasteiger partial charge on any atom is 0.460 e. The van der Waals surface area contributed by atoms with Crippen molar-refractivity contribution < 1.29 is 27.1 Å². The molecule has 12 aromatic rings. The van der Waals surface area contributed by atoms with E-state index in [1.807, 2.05) is 109 Å². The van der Waals surface area contributed by atoms with Crippen LogP contribution in [-0.4, -0.2) is 67.2 Å². The first-order valence-electron chi connectivity index (χ1n) is 29.7. The summed E-state index contributed by atoms with van der Waals surface area (Å²) in [6.07, 6.45) is 20.2. The van der Waals surface area contributed by atoms with E-state index in [9.17, 15) is 0 Å². The fourth-order valence-corrected chi connectivity index (χ4v) is 17.8. The van der Waals surface area contributed by atoms with E-state index in [0.29, 0.717) is 68.3 Å². The zero-order valence-corrected chi connectivity index (χ0v) is 53.4. The van der Waals surface area contributed by atoms with Crippen molar-refractivity contribution >= 4 is 94.4 Å². The van der Waals surface area contributed by atoms with Crippen LogP contribution in [0.4, 0.5) is 34.1 Å². The lowest BCUT2D eigenvalue weighted by Gasteiger charge is -2.33. The minimum absolute atomic E-state index is 0.262. The molecule has 96 heavy (non-hydrogen) atoms. The van der Waals surface area contributed by atoms with Crippen LogP contribution >= 0.6 is 23.0 Å². The summed E-state index contributed by atoms with van der Waals surface area (Å²) in [7, 11) is -13.4. The monoisotopic (exact) mass is 1320 g/mol. The third kappa shape index (κ3) is 17.6. The van der Waals surface area contributed by atoms with Crippen LogP contribution in [-0.2, 0) is 0 Å². The average Bonchev–Trinajstić information content (AvgIpc) is 0.731. The lowest BCUT2D eigenvalue weighted by molar-refractivity contribution is 0.443. The molecule has 6 aromatic carbocycles. The molecule has 0 fully saturated rings. The first kappa shape index (κ1) is 62.5. The maximum atomic E-state index is 7.26. The molecule has 21 nitrogen and oxygen atoms in total. The van der Waals surface area contributed by atoms with Gasteiger partial charge in [-0.1, -0.05) is 49.9 Å². The number of hydrogen-bond acceptors (Lipinski definition) is 21. The predicted octanol–water partition coefficient (Wildman–Crippen LogP) is 19.2. The Labute approximate surface area is 552 Å². The van der Waals surface area contributed by atoms with Gasteiger partial charge < -0.3 is 27.1 Å². The van der Waals surface area contributed by atoms with Crippen LogP contribution < -0.4 is 27.1 Å². The van der Waals surface area contributed by atoms with Gasteiger partial charge in [-0.2, -0.15) is 0 Å². The zero-order chi connectivity index (χ0) is 64.9. The lowest BCUT2D eigenvalue weighted by Crippen LogP contribution is -2.11. The Balaban J connectivity index is 1.01. The summed E-state index contributed by atoms with van der Waals surface area (Å²) < 4.78 is 60.1. The van der Waals surface area contributed by atoms with Crippen LogP contribution in [0.25, 0.3) is 0 Å². The van der Waals surface area contributed by atoms with Crippen LogP contribution in [0.15, 0.2) is 335 Å². The molecule has 0 saturated carbocycles. The molecule has 0 spiro atoms. The Bertz CT molecular complexity index is 4100. The highest BCUT2D eigenvalue weighted by atomic mass is 31.3. The van der Waals surface area contributed by atoms with Gasteiger partial charge in [0.15, 0.2) is 0 Å². The van der Waals surface area contributed by atoms with E-state index in [1.165, 1.54) is 0 Å². The molecular weight excluding hydrogens is 1260 g/mol. The summed E-state index contributed by atoms with van der Waals surface area (Å²) in [5, 5.41) is 0. The van der Waals surface area contributed by atoms with Gasteiger partial charge in [0, 0.05) is 37.2 Å². The van der Waals surface area contributed by atoms with E-state index in [1.54, 1.807) is 220 Å². The molecule has 24 heteroatoms. The Hall–Kier alpha value is -12.3. The van der Waals surface area contributed by atoms with Crippen molar-refractivity contribution in [2.75, 3.05) is 0 Å². The highest BCUT2D eigenvalue weighted by Gasteiger charge is 2.49.